The summed E-state index contributed by atoms with van der Waals surface area (Å²) < 4.78 is 13.7. The highest BCUT2D eigenvalue weighted by molar-refractivity contribution is 7.12. The second-order valence-electron chi connectivity index (χ2n) is 8.28. The highest BCUT2D eigenvalue weighted by Crippen LogP contribution is 2.53. The second kappa shape index (κ2) is 7.37. The number of nitrogens with zero attached hydrogens (tertiary/aromatic N) is 2. The smallest absolute Gasteiger partial charge is 0.240 e. The normalized spacial score (nSPS) is 25.3. The maximum absolute atomic E-state index is 13.7. The zero-order chi connectivity index (χ0) is 22.9. The second-order valence-corrected chi connectivity index (χ2v) is 9.64. The van der Waals surface area contributed by atoms with Crippen LogP contribution in [0.3, 0.4) is 0 Å². The molecule has 3 aliphatic rings. The van der Waals surface area contributed by atoms with Crippen molar-refractivity contribution in [3.63, 3.8) is 0 Å². The summed E-state index contributed by atoms with van der Waals surface area (Å²) in [5.74, 6) is -3.31. The molecular weight excluding hydrogens is 463 g/mol. The molecule has 0 N–H and O–H groups in total. The lowest BCUT2D eigenvalue weighted by Gasteiger charge is -2.35. The summed E-state index contributed by atoms with van der Waals surface area (Å²) in [7, 11) is 0. The number of Topliss-reactive ketones (excluding diaryl/α,β-unsaturated/α-hetero) is 1. The Labute approximate surface area is 197 Å². The highest BCUT2D eigenvalue weighted by atomic mass is 35.5. The van der Waals surface area contributed by atoms with Crippen LogP contribution < -0.4 is 4.90 Å². The van der Waals surface area contributed by atoms with E-state index in [1.165, 1.54) is 23.5 Å². The average molecular weight is 479 g/mol. The third kappa shape index (κ3) is 2.85. The SMILES string of the molecule is O=C(c1cccs1)[C@@H]1[C@@H]2C(=O)N(c3ccc(F)c(Cl)c3)C(=O)[C@@H]2C2c3ccccc3C=CN21. The number of ketones is 1. The van der Waals surface area contributed by atoms with E-state index in [4.69, 9.17) is 11.6 Å². The molecule has 6 rings (SSSR count). The molecule has 1 unspecified atom stereocenters. The lowest BCUT2D eigenvalue weighted by Crippen LogP contribution is -2.44. The lowest BCUT2D eigenvalue weighted by atomic mass is 9.84. The minimum atomic E-state index is -0.864. The molecule has 0 spiro atoms. The molecule has 3 aromatic rings. The van der Waals surface area contributed by atoms with E-state index in [9.17, 15) is 18.8 Å². The molecule has 2 amide bonds. The van der Waals surface area contributed by atoms with Crippen LogP contribution in [0.2, 0.25) is 5.02 Å². The molecule has 33 heavy (non-hydrogen) atoms. The van der Waals surface area contributed by atoms with E-state index >= 15 is 0 Å². The average Bonchev–Trinajstić information content (AvgIpc) is 3.52. The predicted molar refractivity (Wildman–Crippen MR) is 123 cm³/mol. The first-order valence-corrected chi connectivity index (χ1v) is 11.7. The Morgan fingerprint density at radius 2 is 1.79 bits per heavy atom. The van der Waals surface area contributed by atoms with E-state index in [-0.39, 0.29) is 16.5 Å². The van der Waals surface area contributed by atoms with Gasteiger partial charge in [0.1, 0.15) is 11.9 Å². The first-order valence-electron chi connectivity index (χ1n) is 10.4. The molecule has 3 aliphatic heterocycles. The number of hydrogen-bond donors (Lipinski definition) is 0. The molecule has 2 fully saturated rings. The van der Waals surface area contributed by atoms with Crippen molar-refractivity contribution in [3.8, 4) is 0 Å². The number of imide groups is 1. The zero-order valence-electron chi connectivity index (χ0n) is 17.0. The summed E-state index contributed by atoms with van der Waals surface area (Å²) in [5.41, 5.74) is 2.06. The van der Waals surface area contributed by atoms with Crippen LogP contribution >= 0.6 is 22.9 Å². The van der Waals surface area contributed by atoms with Gasteiger partial charge in [-0.25, -0.2) is 9.29 Å². The van der Waals surface area contributed by atoms with Crippen LogP contribution in [0.15, 0.2) is 66.2 Å². The van der Waals surface area contributed by atoms with Gasteiger partial charge in [-0.1, -0.05) is 41.9 Å². The van der Waals surface area contributed by atoms with Crippen molar-refractivity contribution in [2.24, 2.45) is 11.8 Å². The van der Waals surface area contributed by atoms with Crippen LogP contribution in [-0.4, -0.2) is 28.5 Å². The monoisotopic (exact) mass is 478 g/mol. The molecule has 4 heterocycles. The minimum absolute atomic E-state index is 0.177. The molecule has 0 radical (unpaired) electrons. The molecule has 5 nitrogen and oxygen atoms in total. The summed E-state index contributed by atoms with van der Waals surface area (Å²) in [6, 6.07) is 13.7. The largest absolute Gasteiger partial charge is 0.358 e. The Morgan fingerprint density at radius 3 is 2.55 bits per heavy atom. The van der Waals surface area contributed by atoms with Gasteiger partial charge in [0.25, 0.3) is 0 Å². The van der Waals surface area contributed by atoms with Gasteiger partial charge >= 0.3 is 0 Å². The van der Waals surface area contributed by atoms with E-state index in [2.05, 4.69) is 0 Å². The summed E-state index contributed by atoms with van der Waals surface area (Å²) in [5, 5.41) is 1.64. The molecule has 8 heteroatoms. The van der Waals surface area contributed by atoms with Gasteiger partial charge in [-0.2, -0.15) is 0 Å². The fraction of sp³-hybridized carbons (Fsp3) is 0.160. The first-order chi connectivity index (χ1) is 16.0. The fourth-order valence-corrected chi connectivity index (χ4v) is 6.17. The van der Waals surface area contributed by atoms with Gasteiger partial charge in [-0.15, -0.1) is 11.3 Å². The quantitative estimate of drug-likeness (QED) is 0.395. The summed E-state index contributed by atoms with van der Waals surface area (Å²) in [6.45, 7) is 0. The topological polar surface area (TPSA) is 57.7 Å². The van der Waals surface area contributed by atoms with Gasteiger partial charge < -0.3 is 4.90 Å². The molecule has 0 bridgehead atoms. The van der Waals surface area contributed by atoms with Crippen molar-refractivity contribution in [2.45, 2.75) is 12.1 Å². The van der Waals surface area contributed by atoms with Crippen molar-refractivity contribution in [2.75, 3.05) is 4.90 Å². The van der Waals surface area contributed by atoms with Crippen molar-refractivity contribution in [3.05, 3.63) is 93.0 Å². The first kappa shape index (κ1) is 20.3. The zero-order valence-corrected chi connectivity index (χ0v) is 18.6. The van der Waals surface area contributed by atoms with Gasteiger partial charge in [0.05, 0.1) is 33.5 Å². The molecule has 164 valence electrons. The third-order valence-corrected chi connectivity index (χ3v) is 7.83. The molecular formula is C25H16ClFN2O3S. The van der Waals surface area contributed by atoms with Crippen molar-refractivity contribution in [1.82, 2.24) is 4.90 Å². The Morgan fingerprint density at radius 1 is 1.00 bits per heavy atom. The van der Waals surface area contributed by atoms with E-state index in [0.717, 1.165) is 22.1 Å². The molecule has 2 aromatic carbocycles. The van der Waals surface area contributed by atoms with E-state index in [1.807, 2.05) is 46.8 Å². The summed E-state index contributed by atoms with van der Waals surface area (Å²) in [6.07, 6.45) is 3.73. The van der Waals surface area contributed by atoms with Gasteiger partial charge in [0.15, 0.2) is 5.78 Å². The molecule has 2 saturated heterocycles. The number of amides is 2. The molecule has 4 atom stereocenters. The van der Waals surface area contributed by atoms with Crippen molar-refractivity contribution < 1.29 is 18.8 Å². The maximum Gasteiger partial charge on any atom is 0.240 e. The Balaban J connectivity index is 1.51. The molecule has 0 saturated carbocycles. The number of halogens is 2. The van der Waals surface area contributed by atoms with Crippen LogP contribution in [0.4, 0.5) is 10.1 Å². The van der Waals surface area contributed by atoms with Crippen LogP contribution in [0.1, 0.15) is 26.8 Å². The Hall–Kier alpha value is -3.29. The number of thiophene rings is 1. The number of rotatable bonds is 3. The third-order valence-electron chi connectivity index (χ3n) is 6.66. The fourth-order valence-electron chi connectivity index (χ4n) is 5.30. The van der Waals surface area contributed by atoms with Crippen LogP contribution in [0, 0.1) is 17.7 Å². The number of carbonyl (C=O) groups excluding carboxylic acids is 3. The van der Waals surface area contributed by atoms with E-state index in [0.29, 0.717) is 4.88 Å². The van der Waals surface area contributed by atoms with Gasteiger partial charge in [-0.05, 0) is 46.8 Å². The lowest BCUT2D eigenvalue weighted by molar-refractivity contribution is -0.123. The summed E-state index contributed by atoms with van der Waals surface area (Å²) in [4.78, 5) is 44.5. The number of fused-ring (bicyclic) bond motifs is 5. The number of benzene rings is 2. The summed E-state index contributed by atoms with van der Waals surface area (Å²) >= 11 is 7.25. The van der Waals surface area contributed by atoms with Crippen LogP contribution in [0.5, 0.6) is 0 Å². The highest BCUT2D eigenvalue weighted by Gasteiger charge is 2.64. The molecule has 0 aliphatic carbocycles. The van der Waals surface area contributed by atoms with E-state index in [1.54, 1.807) is 12.1 Å². The van der Waals surface area contributed by atoms with Crippen molar-refractivity contribution in [1.29, 1.82) is 0 Å². The van der Waals surface area contributed by atoms with Gasteiger partial charge in [-0.3, -0.25) is 14.4 Å². The van der Waals surface area contributed by atoms with Gasteiger partial charge in [0, 0.05) is 6.20 Å². The number of anilines is 1. The van der Waals surface area contributed by atoms with Gasteiger partial charge in [0.2, 0.25) is 11.8 Å². The van der Waals surface area contributed by atoms with Crippen molar-refractivity contribution >= 4 is 52.3 Å². The van der Waals surface area contributed by atoms with Crippen LogP contribution in [-0.2, 0) is 9.59 Å². The maximum atomic E-state index is 13.7. The standard InChI is InChI=1S/C25H16ClFN2O3S/c26-16-12-14(7-8-17(16)27)29-24(31)19-20(25(29)32)22(23(30)18-6-3-11-33-18)28-10-9-13-4-1-2-5-15(13)21(19)28/h1-12,19-22H/t19-,20+,21?,22-/m0/s1. The number of hydrogen-bond acceptors (Lipinski definition) is 5. The van der Waals surface area contributed by atoms with Crippen LogP contribution in [0.25, 0.3) is 6.08 Å². The predicted octanol–water partition coefficient (Wildman–Crippen LogP) is 4.94. The Bertz CT molecular complexity index is 1360. The minimum Gasteiger partial charge on any atom is -0.358 e. The Kier molecular flexibility index (Phi) is 4.54. The molecule has 1 aromatic heterocycles. The number of carbonyl (C=O) groups is 3. The van der Waals surface area contributed by atoms with E-state index < -0.39 is 41.6 Å².